The van der Waals surface area contributed by atoms with Crippen LogP contribution in [-0.2, 0) is 0 Å². The Morgan fingerprint density at radius 1 is 1.04 bits per heavy atom. The Hall–Kier alpha value is -3.28. The number of anilines is 1. The second kappa shape index (κ2) is 8.89. The summed E-state index contributed by atoms with van der Waals surface area (Å²) in [5, 5.41) is 14.4. The molecule has 27 heavy (non-hydrogen) atoms. The molecule has 0 aliphatic carbocycles. The van der Waals surface area contributed by atoms with Gasteiger partial charge in [-0.3, -0.25) is 9.78 Å². The summed E-state index contributed by atoms with van der Waals surface area (Å²) in [6.45, 7) is 5.42. The molecule has 138 valence electrons. The summed E-state index contributed by atoms with van der Waals surface area (Å²) in [6, 6.07) is 11.3. The molecule has 0 atom stereocenters. The number of aromatic nitrogens is 3. The van der Waals surface area contributed by atoms with Gasteiger partial charge in [0.15, 0.2) is 0 Å². The van der Waals surface area contributed by atoms with Crippen molar-refractivity contribution in [3.05, 3.63) is 71.7 Å². The first-order chi connectivity index (χ1) is 13.1. The molecule has 6 nitrogen and oxygen atoms in total. The Labute approximate surface area is 159 Å². The Balaban J connectivity index is 1.50. The van der Waals surface area contributed by atoms with Crippen LogP contribution in [0.1, 0.15) is 27.9 Å². The zero-order valence-electron chi connectivity index (χ0n) is 15.6. The molecular weight excluding hydrogens is 338 g/mol. The Morgan fingerprint density at radius 3 is 2.59 bits per heavy atom. The monoisotopic (exact) mass is 361 g/mol. The first-order valence-electron chi connectivity index (χ1n) is 8.96. The molecule has 1 aromatic carbocycles. The second-order valence-corrected chi connectivity index (χ2v) is 6.36. The van der Waals surface area contributed by atoms with Crippen LogP contribution < -0.4 is 10.6 Å². The highest BCUT2D eigenvalue weighted by Crippen LogP contribution is 2.22. The minimum atomic E-state index is -0.0741. The molecule has 0 saturated carbocycles. The normalized spacial score (nSPS) is 10.4. The summed E-state index contributed by atoms with van der Waals surface area (Å²) in [6.07, 6.45) is 6.10. The minimum Gasteiger partial charge on any atom is -0.384 e. The Kier molecular flexibility index (Phi) is 6.10. The standard InChI is InChI=1S/C21H23N5O/c1-15-13-25-26-20(16(15)2)17-6-8-18(9-7-17)21(27)24-12-4-11-23-19-5-3-10-22-14-19/h3,5-10,13-14,23H,4,11-12H2,1-2H3,(H,24,27). The van der Waals surface area contributed by atoms with Gasteiger partial charge in [0.1, 0.15) is 0 Å². The van der Waals surface area contributed by atoms with E-state index in [2.05, 4.69) is 25.8 Å². The van der Waals surface area contributed by atoms with Gasteiger partial charge in [0.2, 0.25) is 0 Å². The van der Waals surface area contributed by atoms with Gasteiger partial charge in [0, 0.05) is 36.6 Å². The van der Waals surface area contributed by atoms with Crippen molar-refractivity contribution in [1.29, 1.82) is 0 Å². The zero-order chi connectivity index (χ0) is 19.1. The molecule has 2 N–H and O–H groups in total. The van der Waals surface area contributed by atoms with Crippen molar-refractivity contribution in [2.75, 3.05) is 18.4 Å². The third-order valence-electron chi connectivity index (χ3n) is 4.41. The second-order valence-electron chi connectivity index (χ2n) is 6.36. The lowest BCUT2D eigenvalue weighted by molar-refractivity contribution is 0.0953. The molecule has 0 radical (unpaired) electrons. The predicted octanol–water partition coefficient (Wildman–Crippen LogP) is 3.39. The highest BCUT2D eigenvalue weighted by atomic mass is 16.1. The van der Waals surface area contributed by atoms with Crippen LogP contribution >= 0.6 is 0 Å². The first-order valence-corrected chi connectivity index (χ1v) is 8.96. The fraction of sp³-hybridized carbons (Fsp3) is 0.238. The lowest BCUT2D eigenvalue weighted by Gasteiger charge is -2.09. The van der Waals surface area contributed by atoms with Crippen molar-refractivity contribution in [3.63, 3.8) is 0 Å². The molecule has 0 saturated heterocycles. The number of amides is 1. The van der Waals surface area contributed by atoms with Crippen LogP contribution in [0.4, 0.5) is 5.69 Å². The van der Waals surface area contributed by atoms with Gasteiger partial charge in [-0.2, -0.15) is 10.2 Å². The maximum absolute atomic E-state index is 12.3. The average molecular weight is 361 g/mol. The number of aryl methyl sites for hydroxylation is 1. The highest BCUT2D eigenvalue weighted by molar-refractivity contribution is 5.94. The number of carbonyl (C=O) groups is 1. The van der Waals surface area contributed by atoms with Gasteiger partial charge in [0.25, 0.3) is 5.91 Å². The minimum absolute atomic E-state index is 0.0741. The van der Waals surface area contributed by atoms with Gasteiger partial charge in [-0.05, 0) is 55.7 Å². The quantitative estimate of drug-likeness (QED) is 0.631. The highest BCUT2D eigenvalue weighted by Gasteiger charge is 2.09. The number of rotatable bonds is 7. The maximum Gasteiger partial charge on any atom is 0.251 e. The molecule has 3 aromatic rings. The molecule has 0 bridgehead atoms. The molecule has 1 amide bonds. The third-order valence-corrected chi connectivity index (χ3v) is 4.41. The molecule has 0 aliphatic rings. The average Bonchev–Trinajstić information content (AvgIpc) is 2.70. The van der Waals surface area contributed by atoms with E-state index in [1.807, 2.05) is 50.2 Å². The number of nitrogens with zero attached hydrogens (tertiary/aromatic N) is 3. The zero-order valence-corrected chi connectivity index (χ0v) is 15.6. The number of hydrogen-bond donors (Lipinski definition) is 2. The van der Waals surface area contributed by atoms with E-state index in [-0.39, 0.29) is 5.91 Å². The number of nitrogens with one attached hydrogen (secondary N) is 2. The van der Waals surface area contributed by atoms with Crippen molar-refractivity contribution >= 4 is 11.6 Å². The SMILES string of the molecule is Cc1cnnc(-c2ccc(C(=O)NCCCNc3cccnc3)cc2)c1C. The molecule has 2 aromatic heterocycles. The summed E-state index contributed by atoms with van der Waals surface area (Å²) >= 11 is 0. The molecule has 6 heteroatoms. The van der Waals surface area contributed by atoms with Crippen molar-refractivity contribution in [2.24, 2.45) is 0 Å². The number of carbonyl (C=O) groups excluding carboxylic acids is 1. The van der Waals surface area contributed by atoms with Gasteiger partial charge >= 0.3 is 0 Å². The molecule has 0 unspecified atom stereocenters. The van der Waals surface area contributed by atoms with E-state index in [1.54, 1.807) is 18.6 Å². The fourth-order valence-electron chi connectivity index (χ4n) is 2.68. The first kappa shape index (κ1) is 18.5. The van der Waals surface area contributed by atoms with Gasteiger partial charge in [-0.15, -0.1) is 0 Å². The molecular formula is C21H23N5O. The van der Waals surface area contributed by atoms with Crippen molar-refractivity contribution < 1.29 is 4.79 Å². The summed E-state index contributed by atoms with van der Waals surface area (Å²) in [7, 11) is 0. The van der Waals surface area contributed by atoms with Crippen molar-refractivity contribution in [1.82, 2.24) is 20.5 Å². The number of pyridine rings is 1. The van der Waals surface area contributed by atoms with Crippen LogP contribution in [0.15, 0.2) is 55.0 Å². The van der Waals surface area contributed by atoms with Crippen molar-refractivity contribution in [3.8, 4) is 11.3 Å². The Morgan fingerprint density at radius 2 is 1.85 bits per heavy atom. The van der Waals surface area contributed by atoms with E-state index in [4.69, 9.17) is 0 Å². The van der Waals surface area contributed by atoms with E-state index in [0.717, 1.165) is 41.0 Å². The molecule has 0 fully saturated rings. The molecule has 0 spiro atoms. The lowest BCUT2D eigenvalue weighted by Crippen LogP contribution is -2.25. The summed E-state index contributed by atoms with van der Waals surface area (Å²) in [4.78, 5) is 16.3. The molecule has 0 aliphatic heterocycles. The number of benzene rings is 1. The molecule has 3 rings (SSSR count). The van der Waals surface area contributed by atoms with E-state index >= 15 is 0 Å². The van der Waals surface area contributed by atoms with Gasteiger partial charge in [0.05, 0.1) is 17.6 Å². The largest absolute Gasteiger partial charge is 0.384 e. The van der Waals surface area contributed by atoms with Crippen LogP contribution in [0.3, 0.4) is 0 Å². The van der Waals surface area contributed by atoms with Crippen LogP contribution in [0, 0.1) is 13.8 Å². The molecule has 2 heterocycles. The topological polar surface area (TPSA) is 79.8 Å². The number of hydrogen-bond acceptors (Lipinski definition) is 5. The predicted molar refractivity (Wildman–Crippen MR) is 107 cm³/mol. The van der Waals surface area contributed by atoms with E-state index in [1.165, 1.54) is 0 Å². The van der Waals surface area contributed by atoms with E-state index < -0.39 is 0 Å². The maximum atomic E-state index is 12.3. The van der Waals surface area contributed by atoms with E-state index in [9.17, 15) is 4.79 Å². The summed E-state index contributed by atoms with van der Waals surface area (Å²) in [5.41, 5.74) is 5.63. The summed E-state index contributed by atoms with van der Waals surface area (Å²) < 4.78 is 0. The third kappa shape index (κ3) is 4.88. The van der Waals surface area contributed by atoms with Crippen LogP contribution in [0.25, 0.3) is 11.3 Å². The lowest BCUT2D eigenvalue weighted by atomic mass is 10.0. The van der Waals surface area contributed by atoms with Crippen molar-refractivity contribution in [2.45, 2.75) is 20.3 Å². The van der Waals surface area contributed by atoms with Gasteiger partial charge in [-0.25, -0.2) is 0 Å². The van der Waals surface area contributed by atoms with Crippen LogP contribution in [0.2, 0.25) is 0 Å². The van der Waals surface area contributed by atoms with Gasteiger partial charge < -0.3 is 10.6 Å². The van der Waals surface area contributed by atoms with Crippen LogP contribution in [-0.4, -0.2) is 34.2 Å². The van der Waals surface area contributed by atoms with Gasteiger partial charge in [-0.1, -0.05) is 12.1 Å². The fourth-order valence-corrected chi connectivity index (χ4v) is 2.68. The van der Waals surface area contributed by atoms with Crippen LogP contribution in [0.5, 0.6) is 0 Å². The Bertz CT molecular complexity index is 894. The smallest absolute Gasteiger partial charge is 0.251 e. The summed E-state index contributed by atoms with van der Waals surface area (Å²) in [5.74, 6) is -0.0741. The van der Waals surface area contributed by atoms with E-state index in [0.29, 0.717) is 12.1 Å².